The number of nitrogens with zero attached hydrogens (tertiary/aromatic N) is 1. The first kappa shape index (κ1) is 14.2. The van der Waals surface area contributed by atoms with Crippen LogP contribution in [0.15, 0.2) is 30.3 Å². The topological polar surface area (TPSA) is 31.2 Å². The molecule has 110 valence electrons. The second kappa shape index (κ2) is 5.57. The molecule has 0 radical (unpaired) electrons. The number of hydrogen-bond donors (Lipinski definition) is 0. The van der Waals surface area contributed by atoms with Crippen LogP contribution in [0.25, 0.3) is 0 Å². The molecular formula is C17H18ClNO2. The van der Waals surface area contributed by atoms with Crippen molar-refractivity contribution < 1.29 is 9.53 Å². The number of ketones is 1. The summed E-state index contributed by atoms with van der Waals surface area (Å²) >= 11 is 5.82. The number of ether oxygens (including phenoxy) is 1. The third kappa shape index (κ3) is 2.98. The Balaban J connectivity index is 1.71. The summed E-state index contributed by atoms with van der Waals surface area (Å²) < 4.78 is 7.81. The van der Waals surface area contributed by atoms with Crippen LogP contribution >= 0.6 is 11.6 Å². The molecule has 21 heavy (non-hydrogen) atoms. The number of halogens is 1. The van der Waals surface area contributed by atoms with Crippen LogP contribution < -0.4 is 4.74 Å². The van der Waals surface area contributed by atoms with Gasteiger partial charge in [0.2, 0.25) is 5.78 Å². The molecule has 1 saturated carbocycles. The van der Waals surface area contributed by atoms with Crippen LogP contribution in [0.1, 0.15) is 40.6 Å². The summed E-state index contributed by atoms with van der Waals surface area (Å²) in [7, 11) is 0. The number of aryl methyl sites for hydroxylation is 1. The standard InChI is InChI=1S/C17H18ClNO2/c1-11-9-16(12(2)19(11)14-5-6-14)17(20)10-21-15-7-3-13(18)4-8-15/h3-4,7-9,14H,5-6,10H2,1-2H3. The van der Waals surface area contributed by atoms with Gasteiger partial charge in [-0.1, -0.05) is 11.6 Å². The van der Waals surface area contributed by atoms with Gasteiger partial charge in [-0.25, -0.2) is 0 Å². The van der Waals surface area contributed by atoms with Gasteiger partial charge in [-0.05, 0) is 57.0 Å². The van der Waals surface area contributed by atoms with Gasteiger partial charge >= 0.3 is 0 Å². The molecule has 2 aromatic rings. The molecule has 0 atom stereocenters. The van der Waals surface area contributed by atoms with Crippen molar-refractivity contribution in [1.29, 1.82) is 0 Å². The van der Waals surface area contributed by atoms with Gasteiger partial charge < -0.3 is 9.30 Å². The number of rotatable bonds is 5. The van der Waals surface area contributed by atoms with Crippen molar-refractivity contribution >= 4 is 17.4 Å². The summed E-state index contributed by atoms with van der Waals surface area (Å²) in [5.41, 5.74) is 2.98. The molecule has 0 amide bonds. The first-order valence-electron chi connectivity index (χ1n) is 7.16. The zero-order valence-corrected chi connectivity index (χ0v) is 13.0. The van der Waals surface area contributed by atoms with Gasteiger partial charge in [0.25, 0.3) is 0 Å². The van der Waals surface area contributed by atoms with E-state index in [1.165, 1.54) is 12.8 Å². The molecule has 3 nitrogen and oxygen atoms in total. The van der Waals surface area contributed by atoms with Gasteiger partial charge in [-0.3, -0.25) is 4.79 Å². The fraction of sp³-hybridized carbons (Fsp3) is 0.353. The van der Waals surface area contributed by atoms with E-state index in [0.29, 0.717) is 16.8 Å². The number of carbonyl (C=O) groups is 1. The second-order valence-electron chi connectivity index (χ2n) is 5.55. The van der Waals surface area contributed by atoms with E-state index in [2.05, 4.69) is 11.5 Å². The summed E-state index contributed by atoms with van der Waals surface area (Å²) in [5.74, 6) is 0.675. The predicted molar refractivity (Wildman–Crippen MR) is 83.5 cm³/mol. The van der Waals surface area contributed by atoms with Gasteiger partial charge in [0.05, 0.1) is 0 Å². The largest absolute Gasteiger partial charge is 0.485 e. The third-order valence-electron chi connectivity index (χ3n) is 3.88. The molecule has 1 aromatic carbocycles. The maximum absolute atomic E-state index is 12.3. The summed E-state index contributed by atoms with van der Waals surface area (Å²) in [5, 5.41) is 0.654. The first-order valence-corrected chi connectivity index (χ1v) is 7.54. The molecule has 1 aromatic heterocycles. The third-order valence-corrected chi connectivity index (χ3v) is 4.13. The Kier molecular flexibility index (Phi) is 3.77. The second-order valence-corrected chi connectivity index (χ2v) is 5.99. The minimum Gasteiger partial charge on any atom is -0.485 e. The lowest BCUT2D eigenvalue weighted by Gasteiger charge is -2.08. The predicted octanol–water partition coefficient (Wildman–Crippen LogP) is 4.35. The van der Waals surface area contributed by atoms with Gasteiger partial charge in [-0.15, -0.1) is 0 Å². The van der Waals surface area contributed by atoms with E-state index in [9.17, 15) is 4.79 Å². The quantitative estimate of drug-likeness (QED) is 0.769. The Morgan fingerprint density at radius 1 is 1.29 bits per heavy atom. The molecule has 0 aliphatic heterocycles. The van der Waals surface area contributed by atoms with Crippen molar-refractivity contribution in [2.75, 3.05) is 6.61 Å². The summed E-state index contributed by atoms with van der Waals surface area (Å²) in [6.07, 6.45) is 2.43. The normalized spacial score (nSPS) is 14.2. The van der Waals surface area contributed by atoms with Gasteiger partial charge in [-0.2, -0.15) is 0 Å². The highest BCUT2D eigenvalue weighted by Gasteiger charge is 2.28. The van der Waals surface area contributed by atoms with E-state index in [-0.39, 0.29) is 12.4 Å². The van der Waals surface area contributed by atoms with Gasteiger partial charge in [0.1, 0.15) is 5.75 Å². The first-order chi connectivity index (χ1) is 10.1. The molecule has 1 fully saturated rings. The van der Waals surface area contributed by atoms with Crippen molar-refractivity contribution in [1.82, 2.24) is 4.57 Å². The Labute approximate surface area is 129 Å². The minimum absolute atomic E-state index is 0.0185. The molecular weight excluding hydrogens is 286 g/mol. The van der Waals surface area contributed by atoms with Crippen LogP contribution in [0.5, 0.6) is 5.75 Å². The Morgan fingerprint density at radius 2 is 1.95 bits per heavy atom. The maximum Gasteiger partial charge on any atom is 0.202 e. The van der Waals surface area contributed by atoms with Crippen molar-refractivity contribution in [3.05, 3.63) is 52.3 Å². The highest BCUT2D eigenvalue weighted by Crippen LogP contribution is 2.38. The van der Waals surface area contributed by atoms with Crippen molar-refractivity contribution in [3.63, 3.8) is 0 Å². The van der Waals surface area contributed by atoms with E-state index in [1.54, 1.807) is 24.3 Å². The van der Waals surface area contributed by atoms with Crippen LogP contribution in [0, 0.1) is 13.8 Å². The number of aromatic nitrogens is 1. The summed E-state index contributed by atoms with van der Waals surface area (Å²) in [4.78, 5) is 12.3. The van der Waals surface area contributed by atoms with Gasteiger partial charge in [0.15, 0.2) is 6.61 Å². The molecule has 1 heterocycles. The summed E-state index contributed by atoms with van der Waals surface area (Å²) in [6.45, 7) is 4.12. The highest BCUT2D eigenvalue weighted by atomic mass is 35.5. The average molecular weight is 304 g/mol. The van der Waals surface area contributed by atoms with Crippen LogP contribution in [0.4, 0.5) is 0 Å². The molecule has 4 heteroatoms. The number of hydrogen-bond acceptors (Lipinski definition) is 2. The molecule has 0 unspecified atom stereocenters. The van der Waals surface area contributed by atoms with Crippen LogP contribution in [0.2, 0.25) is 5.02 Å². The zero-order valence-electron chi connectivity index (χ0n) is 12.2. The lowest BCUT2D eigenvalue weighted by Crippen LogP contribution is -2.12. The average Bonchev–Trinajstić information content (AvgIpc) is 3.24. The zero-order chi connectivity index (χ0) is 15.0. The number of Topliss-reactive ketones (excluding diaryl/α,β-unsaturated/α-hetero) is 1. The molecule has 0 saturated heterocycles. The van der Waals surface area contributed by atoms with E-state index in [4.69, 9.17) is 16.3 Å². The molecule has 1 aliphatic carbocycles. The van der Waals surface area contributed by atoms with E-state index in [1.807, 2.05) is 13.0 Å². The fourth-order valence-corrected chi connectivity index (χ4v) is 2.84. The Hall–Kier alpha value is -1.74. The molecule has 0 spiro atoms. The van der Waals surface area contributed by atoms with Crippen molar-refractivity contribution in [2.24, 2.45) is 0 Å². The monoisotopic (exact) mass is 303 g/mol. The van der Waals surface area contributed by atoms with Gasteiger partial charge in [0, 0.05) is 28.0 Å². The van der Waals surface area contributed by atoms with E-state index < -0.39 is 0 Å². The Bertz CT molecular complexity index is 669. The van der Waals surface area contributed by atoms with E-state index >= 15 is 0 Å². The van der Waals surface area contributed by atoms with E-state index in [0.717, 1.165) is 17.0 Å². The number of carbonyl (C=O) groups excluding carboxylic acids is 1. The fourth-order valence-electron chi connectivity index (χ4n) is 2.71. The SMILES string of the molecule is Cc1cc(C(=O)COc2ccc(Cl)cc2)c(C)n1C1CC1. The van der Waals surface area contributed by atoms with Crippen LogP contribution in [0.3, 0.4) is 0 Å². The highest BCUT2D eigenvalue weighted by molar-refractivity contribution is 6.30. The lowest BCUT2D eigenvalue weighted by atomic mass is 10.1. The minimum atomic E-state index is 0.0185. The van der Waals surface area contributed by atoms with Crippen molar-refractivity contribution in [3.8, 4) is 5.75 Å². The van der Waals surface area contributed by atoms with Crippen molar-refractivity contribution in [2.45, 2.75) is 32.7 Å². The molecule has 0 N–H and O–H groups in total. The lowest BCUT2D eigenvalue weighted by molar-refractivity contribution is 0.0921. The van der Waals surface area contributed by atoms with Crippen LogP contribution in [-0.4, -0.2) is 17.0 Å². The molecule has 3 rings (SSSR count). The summed E-state index contributed by atoms with van der Waals surface area (Å²) in [6, 6.07) is 9.59. The maximum atomic E-state index is 12.3. The molecule has 0 bridgehead atoms. The molecule has 1 aliphatic rings. The number of benzene rings is 1. The van der Waals surface area contributed by atoms with Crippen LogP contribution in [-0.2, 0) is 0 Å². The Morgan fingerprint density at radius 3 is 2.57 bits per heavy atom. The smallest absolute Gasteiger partial charge is 0.202 e.